The maximum Gasteiger partial charge on any atom is 0.324 e. The van der Waals surface area contributed by atoms with Crippen molar-refractivity contribution in [3.63, 3.8) is 0 Å². The summed E-state index contributed by atoms with van der Waals surface area (Å²) in [6, 6.07) is 2.98. The molecule has 1 aliphatic rings. The number of methoxy groups -OCH3 is 1. The van der Waals surface area contributed by atoms with Gasteiger partial charge in [-0.3, -0.25) is 10.1 Å². The quantitative estimate of drug-likeness (QED) is 0.557. The van der Waals surface area contributed by atoms with Crippen molar-refractivity contribution in [2.24, 2.45) is 0 Å². The predicted octanol–water partition coefficient (Wildman–Crippen LogP) is 0.781. The number of nitrogens with zero attached hydrogens (tertiary/aromatic N) is 1. The molecule has 0 aromatic heterocycles. The number of nitrogens with one attached hydrogen (secondary N) is 2. The van der Waals surface area contributed by atoms with Crippen LogP contribution in [0.5, 0.6) is 0 Å². The van der Waals surface area contributed by atoms with Crippen LogP contribution >= 0.6 is 0 Å². The number of hydrogen-bond acceptors (Lipinski definition) is 6. The molecule has 2 rings (SSSR count). The van der Waals surface area contributed by atoms with E-state index in [1.807, 2.05) is 0 Å². The number of hydrogen-bond donors (Lipinski definition) is 2. The van der Waals surface area contributed by atoms with Gasteiger partial charge in [0.05, 0.1) is 17.1 Å². The fourth-order valence-electron chi connectivity index (χ4n) is 2.67. The monoisotopic (exact) mass is 347 g/mol. The zero-order valence-electron chi connectivity index (χ0n) is 12.5. The highest BCUT2D eigenvalue weighted by Gasteiger charge is 2.36. The third kappa shape index (κ3) is 3.83. The summed E-state index contributed by atoms with van der Waals surface area (Å²) in [4.78, 5) is 9.23. The van der Waals surface area contributed by atoms with Crippen LogP contribution in [-0.4, -0.2) is 45.7 Å². The Morgan fingerprint density at radius 2 is 2.26 bits per heavy atom. The second-order valence-corrected chi connectivity index (χ2v) is 7.15. The Morgan fingerprint density at radius 1 is 1.52 bits per heavy atom. The molecule has 10 heteroatoms. The van der Waals surface area contributed by atoms with Crippen LogP contribution in [-0.2, 0) is 14.8 Å². The summed E-state index contributed by atoms with van der Waals surface area (Å²) in [5.74, 6) is -1.19. The van der Waals surface area contributed by atoms with Gasteiger partial charge in [0, 0.05) is 13.7 Å². The molecule has 1 atom stereocenters. The largest absolute Gasteiger partial charge is 0.383 e. The van der Waals surface area contributed by atoms with Crippen molar-refractivity contribution in [1.29, 1.82) is 0 Å². The minimum atomic E-state index is -4.23. The summed E-state index contributed by atoms with van der Waals surface area (Å²) in [7, 11) is -2.72. The molecule has 23 heavy (non-hydrogen) atoms. The van der Waals surface area contributed by atoms with Gasteiger partial charge < -0.3 is 10.1 Å². The molecule has 1 saturated heterocycles. The number of nitro groups is 1. The molecule has 1 unspecified atom stereocenters. The highest BCUT2D eigenvalue weighted by molar-refractivity contribution is 7.89. The molecule has 8 nitrogen and oxygen atoms in total. The molecular weight excluding hydrogens is 329 g/mol. The normalized spacial score (nSPS) is 21.5. The van der Waals surface area contributed by atoms with Crippen molar-refractivity contribution in [3.8, 4) is 0 Å². The van der Waals surface area contributed by atoms with Gasteiger partial charge in [0.1, 0.15) is 0 Å². The van der Waals surface area contributed by atoms with Gasteiger partial charge in [0.25, 0.3) is 0 Å². The molecular formula is C13H18FN3O5S. The molecule has 1 fully saturated rings. The van der Waals surface area contributed by atoms with Crippen molar-refractivity contribution < 1.29 is 22.5 Å². The molecule has 0 amide bonds. The van der Waals surface area contributed by atoms with Gasteiger partial charge in [0.15, 0.2) is 4.90 Å². The third-order valence-electron chi connectivity index (χ3n) is 3.78. The van der Waals surface area contributed by atoms with Gasteiger partial charge in [-0.1, -0.05) is 6.07 Å². The molecule has 1 aliphatic heterocycles. The van der Waals surface area contributed by atoms with E-state index in [2.05, 4.69) is 10.0 Å². The van der Waals surface area contributed by atoms with E-state index in [4.69, 9.17) is 4.74 Å². The van der Waals surface area contributed by atoms with Crippen molar-refractivity contribution >= 4 is 15.7 Å². The van der Waals surface area contributed by atoms with Crippen LogP contribution in [0, 0.1) is 15.9 Å². The van der Waals surface area contributed by atoms with E-state index in [0.29, 0.717) is 13.0 Å². The molecule has 0 aliphatic carbocycles. The SMILES string of the molecule is COCC1(CNS(=O)(=O)c2cccc(F)c2[N+](=O)[O-])CCCN1. The van der Waals surface area contributed by atoms with Gasteiger partial charge in [-0.2, -0.15) is 4.39 Å². The molecule has 0 spiro atoms. The highest BCUT2D eigenvalue weighted by atomic mass is 32.2. The van der Waals surface area contributed by atoms with Gasteiger partial charge in [-0.15, -0.1) is 0 Å². The first-order valence-corrected chi connectivity index (χ1v) is 8.46. The van der Waals surface area contributed by atoms with Crippen LogP contribution in [0.15, 0.2) is 23.1 Å². The van der Waals surface area contributed by atoms with Crippen molar-refractivity contribution in [3.05, 3.63) is 34.1 Å². The second-order valence-electron chi connectivity index (χ2n) is 5.41. The van der Waals surface area contributed by atoms with Crippen molar-refractivity contribution in [2.75, 3.05) is 26.8 Å². The second kappa shape index (κ2) is 6.87. The predicted molar refractivity (Wildman–Crippen MR) is 80.1 cm³/mol. The Hall–Kier alpha value is -1.62. The molecule has 2 N–H and O–H groups in total. The van der Waals surface area contributed by atoms with Crippen LogP contribution < -0.4 is 10.0 Å². The number of rotatable bonds is 7. The lowest BCUT2D eigenvalue weighted by molar-refractivity contribution is -0.390. The summed E-state index contributed by atoms with van der Waals surface area (Å²) in [6.45, 7) is 1.02. The van der Waals surface area contributed by atoms with Crippen LogP contribution in [0.2, 0.25) is 0 Å². The lowest BCUT2D eigenvalue weighted by Crippen LogP contribution is -2.52. The molecule has 0 saturated carbocycles. The Balaban J connectivity index is 2.26. The number of sulfonamides is 1. The van der Waals surface area contributed by atoms with Crippen molar-refractivity contribution in [2.45, 2.75) is 23.3 Å². The van der Waals surface area contributed by atoms with Crippen LogP contribution in [0.25, 0.3) is 0 Å². The highest BCUT2D eigenvalue weighted by Crippen LogP contribution is 2.27. The molecule has 1 aromatic carbocycles. The van der Waals surface area contributed by atoms with E-state index < -0.39 is 36.9 Å². The lowest BCUT2D eigenvalue weighted by Gasteiger charge is -2.28. The molecule has 1 heterocycles. The smallest absolute Gasteiger partial charge is 0.324 e. The number of nitro benzene ring substituents is 1. The summed E-state index contributed by atoms with van der Waals surface area (Å²) >= 11 is 0. The zero-order valence-corrected chi connectivity index (χ0v) is 13.4. The average Bonchev–Trinajstić information content (AvgIpc) is 2.94. The Bertz CT molecular complexity index is 689. The van der Waals surface area contributed by atoms with Crippen molar-refractivity contribution in [1.82, 2.24) is 10.0 Å². The van der Waals surface area contributed by atoms with Gasteiger partial charge in [-0.05, 0) is 31.5 Å². The average molecular weight is 347 g/mol. The standard InChI is InChI=1S/C13H18FN3O5S/c1-22-9-13(6-3-7-15-13)8-16-23(20,21)11-5-2-4-10(14)12(11)17(18)19/h2,4-5,15-16H,3,6-9H2,1H3. The number of benzene rings is 1. The Kier molecular flexibility index (Phi) is 5.30. The van der Waals surface area contributed by atoms with E-state index in [1.165, 1.54) is 7.11 Å². The number of halogens is 1. The lowest BCUT2D eigenvalue weighted by atomic mass is 9.99. The minimum Gasteiger partial charge on any atom is -0.383 e. The first-order valence-electron chi connectivity index (χ1n) is 6.98. The summed E-state index contributed by atoms with van der Waals surface area (Å²) in [6.07, 6.45) is 1.57. The van der Waals surface area contributed by atoms with Crippen LogP contribution in [0.4, 0.5) is 10.1 Å². The first kappa shape index (κ1) is 17.7. The van der Waals surface area contributed by atoms with E-state index in [1.54, 1.807) is 0 Å². The number of para-hydroxylation sites is 1. The summed E-state index contributed by atoms with van der Waals surface area (Å²) < 4.78 is 45.8. The zero-order chi connectivity index (χ0) is 17.1. The number of ether oxygens (including phenoxy) is 1. The topological polar surface area (TPSA) is 111 Å². The van der Waals surface area contributed by atoms with E-state index in [0.717, 1.165) is 31.2 Å². The Morgan fingerprint density at radius 3 is 2.83 bits per heavy atom. The first-order chi connectivity index (χ1) is 10.8. The van der Waals surface area contributed by atoms with E-state index in [-0.39, 0.29) is 6.54 Å². The fraction of sp³-hybridized carbons (Fsp3) is 0.538. The minimum absolute atomic E-state index is 0.00313. The van der Waals surface area contributed by atoms with Gasteiger partial charge in [-0.25, -0.2) is 13.1 Å². The van der Waals surface area contributed by atoms with Gasteiger partial charge in [0.2, 0.25) is 15.8 Å². The van der Waals surface area contributed by atoms with E-state index >= 15 is 0 Å². The molecule has 0 bridgehead atoms. The molecule has 128 valence electrons. The van der Waals surface area contributed by atoms with E-state index in [9.17, 15) is 22.9 Å². The molecule has 0 radical (unpaired) electrons. The maximum absolute atomic E-state index is 13.6. The van der Waals surface area contributed by atoms with Crippen LogP contribution in [0.3, 0.4) is 0 Å². The third-order valence-corrected chi connectivity index (χ3v) is 5.21. The summed E-state index contributed by atoms with van der Waals surface area (Å²) in [5.41, 5.74) is -1.62. The maximum atomic E-state index is 13.6. The Labute approximate surface area is 133 Å². The fourth-order valence-corrected chi connectivity index (χ4v) is 3.98. The summed E-state index contributed by atoms with van der Waals surface area (Å²) in [5, 5.41) is 14.1. The van der Waals surface area contributed by atoms with Gasteiger partial charge >= 0.3 is 5.69 Å². The van der Waals surface area contributed by atoms with Crippen LogP contribution in [0.1, 0.15) is 12.8 Å². The molecule has 1 aromatic rings.